The van der Waals surface area contributed by atoms with Gasteiger partial charge >= 0.3 is 7.60 Å². The Balaban J connectivity index is 2.20. The number of ether oxygens (including phenoxy) is 1. The van der Waals surface area contributed by atoms with Crippen molar-refractivity contribution in [3.05, 3.63) is 35.9 Å². The molecule has 1 aromatic carbocycles. The molecule has 0 saturated heterocycles. The molecular formula is C9H13O4P. The Kier molecular flexibility index (Phi) is 4.29. The van der Waals surface area contributed by atoms with Crippen molar-refractivity contribution in [2.75, 3.05) is 13.0 Å². The van der Waals surface area contributed by atoms with Crippen molar-refractivity contribution in [1.29, 1.82) is 0 Å². The highest BCUT2D eigenvalue weighted by Crippen LogP contribution is 2.33. The molecule has 1 aromatic rings. The third kappa shape index (κ3) is 5.14. The lowest BCUT2D eigenvalue weighted by molar-refractivity contribution is 0.160. The number of hydrogen-bond acceptors (Lipinski definition) is 2. The summed E-state index contributed by atoms with van der Waals surface area (Å²) in [6.07, 6.45) is 0.167. The van der Waals surface area contributed by atoms with Crippen LogP contribution in [0, 0.1) is 0 Å². The third-order valence-electron chi connectivity index (χ3n) is 1.64. The van der Waals surface area contributed by atoms with E-state index in [9.17, 15) is 4.57 Å². The smallest absolute Gasteiger partial charge is 0.350 e. The molecule has 2 N–H and O–H groups in total. The molecule has 0 bridgehead atoms. The average molecular weight is 216 g/mol. The van der Waals surface area contributed by atoms with E-state index in [1.807, 2.05) is 30.3 Å². The van der Waals surface area contributed by atoms with Crippen LogP contribution in [-0.4, -0.2) is 22.7 Å². The topological polar surface area (TPSA) is 66.8 Å². The maximum absolute atomic E-state index is 10.4. The summed E-state index contributed by atoms with van der Waals surface area (Å²) >= 11 is 0. The van der Waals surface area contributed by atoms with E-state index < -0.39 is 13.9 Å². The minimum atomic E-state index is -4.01. The third-order valence-corrected chi connectivity index (χ3v) is 2.16. The molecular weight excluding hydrogens is 203 g/mol. The summed E-state index contributed by atoms with van der Waals surface area (Å²) in [6, 6.07) is 9.64. The first-order valence-corrected chi connectivity index (χ1v) is 6.04. The van der Waals surface area contributed by atoms with Gasteiger partial charge in [0.15, 0.2) is 0 Å². The van der Waals surface area contributed by atoms with Crippen molar-refractivity contribution in [3.63, 3.8) is 0 Å². The molecule has 0 amide bonds. The molecule has 4 nitrogen and oxygen atoms in total. The van der Waals surface area contributed by atoms with Gasteiger partial charge in [-0.05, 0) is 12.0 Å². The molecule has 1 rings (SSSR count). The molecule has 0 atom stereocenters. The highest BCUT2D eigenvalue weighted by molar-refractivity contribution is 7.51. The molecule has 0 fully saturated rings. The van der Waals surface area contributed by atoms with Crippen molar-refractivity contribution < 1.29 is 19.1 Å². The van der Waals surface area contributed by atoms with E-state index in [1.165, 1.54) is 0 Å². The first kappa shape index (κ1) is 11.4. The van der Waals surface area contributed by atoms with Crippen LogP contribution in [0.4, 0.5) is 0 Å². The lowest BCUT2D eigenvalue weighted by Crippen LogP contribution is -2.00. The minimum Gasteiger partial charge on any atom is -0.368 e. The first-order valence-electron chi connectivity index (χ1n) is 4.24. The van der Waals surface area contributed by atoms with Crippen LogP contribution in [0.1, 0.15) is 5.56 Å². The Hall–Kier alpha value is -0.670. The molecule has 0 aliphatic heterocycles. The molecule has 14 heavy (non-hydrogen) atoms. The zero-order chi connectivity index (χ0) is 10.4. The Bertz CT molecular complexity index is 306. The van der Waals surface area contributed by atoms with E-state index in [-0.39, 0.29) is 0 Å². The van der Waals surface area contributed by atoms with E-state index in [0.717, 1.165) is 5.56 Å². The summed E-state index contributed by atoms with van der Waals surface area (Å²) in [5, 5.41) is 0. The van der Waals surface area contributed by atoms with E-state index in [1.54, 1.807) is 0 Å². The Morgan fingerprint density at radius 1 is 1.21 bits per heavy atom. The fraction of sp³-hybridized carbons (Fsp3) is 0.333. The van der Waals surface area contributed by atoms with Crippen molar-refractivity contribution in [2.24, 2.45) is 0 Å². The summed E-state index contributed by atoms with van der Waals surface area (Å²) in [5.74, 6) is 0. The van der Waals surface area contributed by atoms with Gasteiger partial charge < -0.3 is 14.5 Å². The highest BCUT2D eigenvalue weighted by Gasteiger charge is 2.11. The van der Waals surface area contributed by atoms with Crippen LogP contribution in [0.15, 0.2) is 30.3 Å². The van der Waals surface area contributed by atoms with Crippen LogP contribution in [-0.2, 0) is 15.7 Å². The van der Waals surface area contributed by atoms with E-state index in [4.69, 9.17) is 14.5 Å². The quantitative estimate of drug-likeness (QED) is 0.576. The van der Waals surface area contributed by atoms with Crippen LogP contribution in [0.3, 0.4) is 0 Å². The second-order valence-electron chi connectivity index (χ2n) is 2.94. The largest absolute Gasteiger partial charge is 0.368 e. The van der Waals surface area contributed by atoms with Crippen molar-refractivity contribution in [1.82, 2.24) is 0 Å². The van der Waals surface area contributed by atoms with Gasteiger partial charge in [-0.25, -0.2) is 0 Å². The second kappa shape index (κ2) is 5.27. The van der Waals surface area contributed by atoms with Gasteiger partial charge in [0.2, 0.25) is 0 Å². The Labute approximate surface area is 82.7 Å². The monoisotopic (exact) mass is 216 g/mol. The van der Waals surface area contributed by atoms with Gasteiger partial charge in [-0.1, -0.05) is 30.3 Å². The molecule has 0 heterocycles. The fourth-order valence-corrected chi connectivity index (χ4v) is 1.39. The summed E-state index contributed by atoms with van der Waals surface area (Å²) in [6.45, 7) is 0.328. The van der Waals surface area contributed by atoms with E-state index >= 15 is 0 Å². The molecule has 0 aliphatic rings. The SMILES string of the molecule is O=P(O)(O)COCCc1ccccc1. The van der Waals surface area contributed by atoms with Crippen LogP contribution in [0.5, 0.6) is 0 Å². The van der Waals surface area contributed by atoms with Gasteiger partial charge in [0.25, 0.3) is 0 Å². The van der Waals surface area contributed by atoms with Crippen molar-refractivity contribution >= 4 is 7.60 Å². The lowest BCUT2D eigenvalue weighted by Gasteiger charge is -2.05. The normalized spacial score (nSPS) is 11.6. The number of rotatable bonds is 5. The van der Waals surface area contributed by atoms with Crippen LogP contribution in [0.25, 0.3) is 0 Å². The zero-order valence-corrected chi connectivity index (χ0v) is 8.56. The Morgan fingerprint density at radius 2 is 1.86 bits per heavy atom. The maximum Gasteiger partial charge on any atom is 0.350 e. The van der Waals surface area contributed by atoms with Crippen LogP contribution >= 0.6 is 7.60 Å². The van der Waals surface area contributed by atoms with Gasteiger partial charge in [-0.2, -0.15) is 0 Å². The molecule has 78 valence electrons. The first-order chi connectivity index (χ1) is 6.58. The predicted octanol–water partition coefficient (Wildman–Crippen LogP) is 1.38. The molecule has 0 aliphatic carbocycles. The minimum absolute atomic E-state index is 0.328. The lowest BCUT2D eigenvalue weighted by atomic mass is 10.2. The number of hydrogen-bond donors (Lipinski definition) is 2. The molecule has 5 heteroatoms. The molecule has 0 radical (unpaired) electrons. The van der Waals surface area contributed by atoms with Gasteiger partial charge in [0.05, 0.1) is 6.61 Å². The molecule has 0 spiro atoms. The predicted molar refractivity (Wildman–Crippen MR) is 53.0 cm³/mol. The molecule has 0 unspecified atom stereocenters. The summed E-state index contributed by atoms with van der Waals surface area (Å²) < 4.78 is 15.3. The van der Waals surface area contributed by atoms with E-state index in [2.05, 4.69) is 0 Å². The zero-order valence-electron chi connectivity index (χ0n) is 7.67. The molecule has 0 aromatic heterocycles. The number of benzene rings is 1. The van der Waals surface area contributed by atoms with Crippen LogP contribution in [0.2, 0.25) is 0 Å². The van der Waals surface area contributed by atoms with Gasteiger partial charge in [0, 0.05) is 0 Å². The highest BCUT2D eigenvalue weighted by atomic mass is 31.2. The van der Waals surface area contributed by atoms with Crippen molar-refractivity contribution in [2.45, 2.75) is 6.42 Å². The summed E-state index contributed by atoms with van der Waals surface area (Å²) in [7, 11) is -4.01. The van der Waals surface area contributed by atoms with Crippen molar-refractivity contribution in [3.8, 4) is 0 Å². The van der Waals surface area contributed by atoms with Crippen LogP contribution < -0.4 is 0 Å². The summed E-state index contributed by atoms with van der Waals surface area (Å²) in [4.78, 5) is 17.0. The van der Waals surface area contributed by atoms with Gasteiger partial charge in [-0.3, -0.25) is 4.57 Å². The Morgan fingerprint density at radius 3 is 2.43 bits per heavy atom. The summed E-state index contributed by atoms with van der Waals surface area (Å²) in [5.41, 5.74) is 1.10. The standard InChI is InChI=1S/C9H13O4P/c10-14(11,12)8-13-7-6-9-4-2-1-3-5-9/h1-5H,6-8H2,(H2,10,11,12). The molecule has 0 saturated carbocycles. The van der Waals surface area contributed by atoms with E-state index in [0.29, 0.717) is 13.0 Å². The average Bonchev–Trinajstić information content (AvgIpc) is 2.13. The van der Waals surface area contributed by atoms with Gasteiger partial charge in [0.1, 0.15) is 6.35 Å². The second-order valence-corrected chi connectivity index (χ2v) is 4.53. The van der Waals surface area contributed by atoms with Gasteiger partial charge in [-0.15, -0.1) is 0 Å². The maximum atomic E-state index is 10.4. The fourth-order valence-electron chi connectivity index (χ4n) is 1.02.